The lowest BCUT2D eigenvalue weighted by molar-refractivity contribution is -0.134. The SMILES string of the molecule is NC(=O)NCC1CCCCN1C(=O)Cc1ccccc1Cl. The highest BCUT2D eigenvalue weighted by atomic mass is 35.5. The van der Waals surface area contributed by atoms with Crippen LogP contribution in [0.15, 0.2) is 24.3 Å². The van der Waals surface area contributed by atoms with Crippen LogP contribution in [0.5, 0.6) is 0 Å². The van der Waals surface area contributed by atoms with Crippen LogP contribution >= 0.6 is 11.6 Å². The third-order valence-corrected chi connectivity index (χ3v) is 4.13. The molecule has 3 amide bonds. The minimum atomic E-state index is -0.556. The molecule has 1 fully saturated rings. The minimum absolute atomic E-state index is 0.0150. The average molecular weight is 310 g/mol. The maximum absolute atomic E-state index is 12.5. The van der Waals surface area contributed by atoms with Gasteiger partial charge in [-0.3, -0.25) is 4.79 Å². The number of carbonyl (C=O) groups excluding carboxylic acids is 2. The monoisotopic (exact) mass is 309 g/mol. The number of rotatable bonds is 4. The quantitative estimate of drug-likeness (QED) is 0.891. The van der Waals surface area contributed by atoms with Crippen LogP contribution in [-0.4, -0.2) is 36.0 Å². The highest BCUT2D eigenvalue weighted by Gasteiger charge is 2.27. The third kappa shape index (κ3) is 4.36. The second kappa shape index (κ2) is 7.31. The Hall–Kier alpha value is -1.75. The molecular formula is C15H20ClN3O2. The highest BCUT2D eigenvalue weighted by Crippen LogP contribution is 2.20. The van der Waals surface area contributed by atoms with Gasteiger partial charge in [0.25, 0.3) is 0 Å². The number of carbonyl (C=O) groups is 2. The summed E-state index contributed by atoms with van der Waals surface area (Å²) in [6, 6.07) is 6.82. The van der Waals surface area contributed by atoms with Crippen molar-refractivity contribution in [1.29, 1.82) is 0 Å². The molecule has 114 valence electrons. The van der Waals surface area contributed by atoms with Crippen LogP contribution < -0.4 is 11.1 Å². The molecule has 5 nitrogen and oxygen atoms in total. The van der Waals surface area contributed by atoms with Crippen molar-refractivity contribution >= 4 is 23.5 Å². The van der Waals surface area contributed by atoms with Crippen molar-refractivity contribution in [2.75, 3.05) is 13.1 Å². The summed E-state index contributed by atoms with van der Waals surface area (Å²) in [4.78, 5) is 25.2. The topological polar surface area (TPSA) is 75.4 Å². The van der Waals surface area contributed by atoms with E-state index in [-0.39, 0.29) is 18.4 Å². The first-order valence-corrected chi connectivity index (χ1v) is 7.52. The van der Waals surface area contributed by atoms with Crippen LogP contribution in [0.2, 0.25) is 5.02 Å². The number of nitrogens with zero attached hydrogens (tertiary/aromatic N) is 1. The summed E-state index contributed by atoms with van der Waals surface area (Å²) >= 11 is 6.10. The molecule has 0 saturated carbocycles. The minimum Gasteiger partial charge on any atom is -0.352 e. The summed E-state index contributed by atoms with van der Waals surface area (Å²) < 4.78 is 0. The molecule has 0 aromatic heterocycles. The van der Waals surface area contributed by atoms with Gasteiger partial charge in [0.15, 0.2) is 0 Å². The molecule has 1 atom stereocenters. The van der Waals surface area contributed by atoms with Gasteiger partial charge in [-0.25, -0.2) is 4.79 Å². The van der Waals surface area contributed by atoms with Crippen molar-refractivity contribution in [1.82, 2.24) is 10.2 Å². The van der Waals surface area contributed by atoms with E-state index in [1.54, 1.807) is 6.07 Å². The van der Waals surface area contributed by atoms with Crippen molar-refractivity contribution in [3.05, 3.63) is 34.9 Å². The van der Waals surface area contributed by atoms with Crippen molar-refractivity contribution in [2.45, 2.75) is 31.7 Å². The summed E-state index contributed by atoms with van der Waals surface area (Å²) in [7, 11) is 0. The van der Waals surface area contributed by atoms with Gasteiger partial charge >= 0.3 is 6.03 Å². The first-order chi connectivity index (χ1) is 10.1. The van der Waals surface area contributed by atoms with Crippen LogP contribution in [0.25, 0.3) is 0 Å². The summed E-state index contributed by atoms with van der Waals surface area (Å²) in [6.07, 6.45) is 3.21. The zero-order valence-corrected chi connectivity index (χ0v) is 12.6. The Balaban J connectivity index is 2.01. The highest BCUT2D eigenvalue weighted by molar-refractivity contribution is 6.31. The van der Waals surface area contributed by atoms with Crippen molar-refractivity contribution in [2.24, 2.45) is 5.73 Å². The third-order valence-electron chi connectivity index (χ3n) is 3.76. The van der Waals surface area contributed by atoms with E-state index in [0.29, 0.717) is 18.1 Å². The van der Waals surface area contributed by atoms with Crippen LogP contribution in [-0.2, 0) is 11.2 Å². The Bertz CT molecular complexity index is 521. The number of amides is 3. The molecule has 21 heavy (non-hydrogen) atoms. The Kier molecular flexibility index (Phi) is 5.44. The number of piperidine rings is 1. The molecule has 0 spiro atoms. The van der Waals surface area contributed by atoms with E-state index < -0.39 is 6.03 Å². The van der Waals surface area contributed by atoms with Gasteiger partial charge in [0.1, 0.15) is 0 Å². The van der Waals surface area contributed by atoms with Gasteiger partial charge in [0, 0.05) is 24.2 Å². The zero-order valence-electron chi connectivity index (χ0n) is 11.8. The number of hydrogen-bond donors (Lipinski definition) is 2. The van der Waals surface area contributed by atoms with Gasteiger partial charge in [0.2, 0.25) is 5.91 Å². The maximum atomic E-state index is 12.5. The molecule has 0 aliphatic carbocycles. The molecule has 1 heterocycles. The van der Waals surface area contributed by atoms with Crippen LogP contribution in [0, 0.1) is 0 Å². The van der Waals surface area contributed by atoms with E-state index >= 15 is 0 Å². The molecule has 1 saturated heterocycles. The lowest BCUT2D eigenvalue weighted by Crippen LogP contribution is -2.50. The molecular weight excluding hydrogens is 290 g/mol. The smallest absolute Gasteiger partial charge is 0.312 e. The molecule has 1 aliphatic heterocycles. The summed E-state index contributed by atoms with van der Waals surface area (Å²) in [5.74, 6) is 0.0408. The van der Waals surface area contributed by atoms with Gasteiger partial charge in [-0.1, -0.05) is 29.8 Å². The van der Waals surface area contributed by atoms with E-state index in [0.717, 1.165) is 24.8 Å². The number of hydrogen-bond acceptors (Lipinski definition) is 2. The van der Waals surface area contributed by atoms with Gasteiger partial charge in [-0.05, 0) is 30.9 Å². The first-order valence-electron chi connectivity index (χ1n) is 7.14. The fourth-order valence-electron chi connectivity index (χ4n) is 2.67. The Morgan fingerprint density at radius 2 is 2.10 bits per heavy atom. The number of halogens is 1. The standard InChI is InChI=1S/C15H20ClN3O2/c16-13-7-2-1-5-11(13)9-14(20)19-8-4-3-6-12(19)10-18-15(17)21/h1-2,5,7,12H,3-4,6,8-10H2,(H3,17,18,21). The van der Waals surface area contributed by atoms with Crippen LogP contribution in [0.1, 0.15) is 24.8 Å². The molecule has 1 unspecified atom stereocenters. The Morgan fingerprint density at radius 3 is 2.81 bits per heavy atom. The number of likely N-dealkylation sites (tertiary alicyclic amines) is 1. The van der Waals surface area contributed by atoms with E-state index in [1.807, 2.05) is 23.1 Å². The molecule has 1 aromatic rings. The molecule has 2 rings (SSSR count). The largest absolute Gasteiger partial charge is 0.352 e. The fourth-order valence-corrected chi connectivity index (χ4v) is 2.87. The first kappa shape index (κ1) is 15.6. The molecule has 1 aliphatic rings. The number of nitrogens with one attached hydrogen (secondary N) is 1. The van der Waals surface area contributed by atoms with Crippen molar-refractivity contribution < 1.29 is 9.59 Å². The molecule has 6 heteroatoms. The number of urea groups is 1. The van der Waals surface area contributed by atoms with Gasteiger partial charge in [-0.15, -0.1) is 0 Å². The van der Waals surface area contributed by atoms with E-state index in [4.69, 9.17) is 17.3 Å². The lowest BCUT2D eigenvalue weighted by Gasteiger charge is -2.36. The fraction of sp³-hybridized carbons (Fsp3) is 0.467. The van der Waals surface area contributed by atoms with Gasteiger partial charge < -0.3 is 16.0 Å². The van der Waals surface area contributed by atoms with Crippen LogP contribution in [0.4, 0.5) is 4.79 Å². The normalized spacial score (nSPS) is 18.3. The number of primary amides is 1. The Morgan fingerprint density at radius 1 is 1.33 bits per heavy atom. The van der Waals surface area contributed by atoms with E-state index in [1.165, 1.54) is 0 Å². The molecule has 0 bridgehead atoms. The second-order valence-corrected chi connectivity index (χ2v) is 5.66. The second-order valence-electron chi connectivity index (χ2n) is 5.25. The lowest BCUT2D eigenvalue weighted by atomic mass is 10.0. The zero-order chi connectivity index (χ0) is 15.2. The molecule has 0 radical (unpaired) electrons. The predicted molar refractivity (Wildman–Crippen MR) is 82.1 cm³/mol. The summed E-state index contributed by atoms with van der Waals surface area (Å²) in [5, 5.41) is 3.20. The van der Waals surface area contributed by atoms with Gasteiger partial charge in [0.05, 0.1) is 6.42 Å². The maximum Gasteiger partial charge on any atom is 0.312 e. The van der Waals surface area contributed by atoms with Gasteiger partial charge in [-0.2, -0.15) is 0 Å². The molecule has 1 aromatic carbocycles. The Labute approximate surface area is 129 Å². The van der Waals surface area contributed by atoms with E-state index in [9.17, 15) is 9.59 Å². The average Bonchev–Trinajstić information content (AvgIpc) is 2.47. The van der Waals surface area contributed by atoms with E-state index in [2.05, 4.69) is 5.32 Å². The predicted octanol–water partition coefficient (Wildman–Crippen LogP) is 1.93. The van der Waals surface area contributed by atoms with Crippen LogP contribution in [0.3, 0.4) is 0 Å². The number of nitrogens with two attached hydrogens (primary N) is 1. The summed E-state index contributed by atoms with van der Waals surface area (Å²) in [6.45, 7) is 1.12. The van der Waals surface area contributed by atoms with Crippen molar-refractivity contribution in [3.8, 4) is 0 Å². The summed E-state index contributed by atoms with van der Waals surface area (Å²) in [5.41, 5.74) is 5.93. The number of benzene rings is 1. The van der Waals surface area contributed by atoms with Crippen molar-refractivity contribution in [3.63, 3.8) is 0 Å². The molecule has 3 N–H and O–H groups in total.